The van der Waals surface area contributed by atoms with E-state index in [1.54, 1.807) is 0 Å². The molecular weight excluding hydrogens is 174 g/mol. The van der Waals surface area contributed by atoms with Crippen molar-refractivity contribution in [3.63, 3.8) is 0 Å². The van der Waals surface area contributed by atoms with Crippen LogP contribution < -0.4 is 5.32 Å². The average molecular weight is 189 g/mol. The molecule has 0 fully saturated rings. The fourth-order valence-corrected chi connectivity index (χ4v) is 1.68. The molecule has 1 aromatic carbocycles. The highest BCUT2D eigenvalue weighted by Crippen LogP contribution is 2.15. The van der Waals surface area contributed by atoms with Crippen molar-refractivity contribution in [1.82, 2.24) is 15.1 Å². The first kappa shape index (κ1) is 9.21. The molecule has 0 radical (unpaired) electrons. The molecule has 0 aliphatic carbocycles. The van der Waals surface area contributed by atoms with Crippen molar-refractivity contribution in [2.75, 3.05) is 7.05 Å². The van der Waals surface area contributed by atoms with Gasteiger partial charge in [-0.3, -0.25) is 4.68 Å². The fraction of sp³-hybridized carbons (Fsp3) is 0.364. The van der Waals surface area contributed by atoms with E-state index >= 15 is 0 Å². The van der Waals surface area contributed by atoms with Gasteiger partial charge in [-0.15, -0.1) is 0 Å². The Labute approximate surface area is 83.7 Å². The van der Waals surface area contributed by atoms with Gasteiger partial charge in [0.25, 0.3) is 0 Å². The number of aryl methyl sites for hydroxylation is 1. The van der Waals surface area contributed by atoms with Crippen LogP contribution in [0.25, 0.3) is 10.9 Å². The molecule has 0 saturated heterocycles. The molecule has 0 atom stereocenters. The number of benzene rings is 1. The van der Waals surface area contributed by atoms with E-state index in [9.17, 15) is 0 Å². The average Bonchev–Trinajstić information content (AvgIpc) is 2.60. The molecule has 1 aromatic heterocycles. The summed E-state index contributed by atoms with van der Waals surface area (Å²) in [6.45, 7) is 3.94. The zero-order valence-corrected chi connectivity index (χ0v) is 8.62. The number of fused-ring (bicyclic) bond motifs is 1. The number of rotatable bonds is 3. The highest BCUT2D eigenvalue weighted by atomic mass is 15.3. The molecule has 74 valence electrons. The molecule has 1 heterocycles. The van der Waals surface area contributed by atoms with Crippen LogP contribution in [0, 0.1) is 0 Å². The zero-order valence-electron chi connectivity index (χ0n) is 8.62. The fourth-order valence-electron chi connectivity index (χ4n) is 1.68. The second kappa shape index (κ2) is 3.80. The lowest BCUT2D eigenvalue weighted by molar-refractivity contribution is 0.683. The number of aromatic nitrogens is 2. The van der Waals surface area contributed by atoms with Crippen molar-refractivity contribution in [2.24, 2.45) is 0 Å². The topological polar surface area (TPSA) is 29.9 Å². The molecule has 2 aromatic rings. The number of hydrogen-bond donors (Lipinski definition) is 1. The lowest BCUT2D eigenvalue weighted by Gasteiger charge is -2.02. The summed E-state index contributed by atoms with van der Waals surface area (Å²) in [6, 6.07) is 6.46. The van der Waals surface area contributed by atoms with E-state index in [0.717, 1.165) is 13.1 Å². The van der Waals surface area contributed by atoms with Gasteiger partial charge in [-0.25, -0.2) is 0 Å². The van der Waals surface area contributed by atoms with Crippen molar-refractivity contribution in [3.8, 4) is 0 Å². The van der Waals surface area contributed by atoms with Gasteiger partial charge in [-0.2, -0.15) is 5.10 Å². The highest BCUT2D eigenvalue weighted by Gasteiger charge is 2.01. The largest absolute Gasteiger partial charge is 0.316 e. The molecule has 0 spiro atoms. The third-order valence-corrected chi connectivity index (χ3v) is 2.39. The third-order valence-electron chi connectivity index (χ3n) is 2.39. The molecular formula is C11H15N3. The van der Waals surface area contributed by atoms with Gasteiger partial charge in [-0.05, 0) is 25.6 Å². The van der Waals surface area contributed by atoms with Crippen LogP contribution in [0.3, 0.4) is 0 Å². The summed E-state index contributed by atoms with van der Waals surface area (Å²) in [5.74, 6) is 0. The molecule has 0 amide bonds. The Morgan fingerprint density at radius 1 is 1.43 bits per heavy atom. The first-order valence-corrected chi connectivity index (χ1v) is 4.94. The normalized spacial score (nSPS) is 11.0. The molecule has 1 N–H and O–H groups in total. The maximum atomic E-state index is 4.31. The molecule has 0 bridgehead atoms. The molecule has 0 saturated carbocycles. The van der Waals surface area contributed by atoms with Crippen LogP contribution in [0.2, 0.25) is 0 Å². The maximum Gasteiger partial charge on any atom is 0.0685 e. The van der Waals surface area contributed by atoms with Crippen LogP contribution in [-0.4, -0.2) is 16.8 Å². The standard InChI is InChI=1S/C11H15N3/c1-3-14-11-6-9(7-12-2)4-5-10(11)8-13-14/h4-6,8,12H,3,7H2,1-2H3. The molecule has 0 aliphatic heterocycles. The van der Waals surface area contributed by atoms with E-state index in [0.29, 0.717) is 0 Å². The summed E-state index contributed by atoms with van der Waals surface area (Å²) in [4.78, 5) is 0. The summed E-state index contributed by atoms with van der Waals surface area (Å²) in [7, 11) is 1.96. The summed E-state index contributed by atoms with van der Waals surface area (Å²) < 4.78 is 2.02. The lowest BCUT2D eigenvalue weighted by Crippen LogP contribution is -2.05. The Hall–Kier alpha value is -1.35. The van der Waals surface area contributed by atoms with Crippen molar-refractivity contribution < 1.29 is 0 Å². The predicted octanol–water partition coefficient (Wildman–Crippen LogP) is 1.78. The number of nitrogens with zero attached hydrogens (tertiary/aromatic N) is 2. The van der Waals surface area contributed by atoms with E-state index in [-0.39, 0.29) is 0 Å². The van der Waals surface area contributed by atoms with Crippen molar-refractivity contribution in [1.29, 1.82) is 0 Å². The molecule has 0 unspecified atom stereocenters. The van der Waals surface area contributed by atoms with Crippen LogP contribution in [0.5, 0.6) is 0 Å². The second-order valence-electron chi connectivity index (χ2n) is 3.38. The Balaban J connectivity index is 2.50. The number of nitrogens with one attached hydrogen (secondary N) is 1. The van der Waals surface area contributed by atoms with Gasteiger partial charge in [-0.1, -0.05) is 12.1 Å². The zero-order chi connectivity index (χ0) is 9.97. The second-order valence-corrected chi connectivity index (χ2v) is 3.38. The minimum Gasteiger partial charge on any atom is -0.316 e. The summed E-state index contributed by atoms with van der Waals surface area (Å²) in [5, 5.41) is 8.67. The first-order chi connectivity index (χ1) is 6.85. The lowest BCUT2D eigenvalue weighted by atomic mass is 10.1. The molecule has 2 rings (SSSR count). The third kappa shape index (κ3) is 1.51. The van der Waals surface area contributed by atoms with Crippen LogP contribution in [0.1, 0.15) is 12.5 Å². The van der Waals surface area contributed by atoms with Gasteiger partial charge in [0, 0.05) is 18.5 Å². The van der Waals surface area contributed by atoms with Crippen LogP contribution in [-0.2, 0) is 13.1 Å². The summed E-state index contributed by atoms with van der Waals surface area (Å²) in [6.07, 6.45) is 1.92. The van der Waals surface area contributed by atoms with E-state index in [2.05, 4.69) is 35.5 Å². The van der Waals surface area contributed by atoms with Crippen molar-refractivity contribution >= 4 is 10.9 Å². The monoisotopic (exact) mass is 189 g/mol. The Kier molecular flexibility index (Phi) is 2.50. The molecule has 3 heteroatoms. The molecule has 0 aliphatic rings. The van der Waals surface area contributed by atoms with Gasteiger partial charge >= 0.3 is 0 Å². The smallest absolute Gasteiger partial charge is 0.0685 e. The van der Waals surface area contributed by atoms with Gasteiger partial charge < -0.3 is 5.32 Å². The van der Waals surface area contributed by atoms with E-state index in [1.807, 2.05) is 17.9 Å². The van der Waals surface area contributed by atoms with E-state index in [4.69, 9.17) is 0 Å². The highest BCUT2D eigenvalue weighted by molar-refractivity contribution is 5.79. The van der Waals surface area contributed by atoms with Crippen LogP contribution in [0.15, 0.2) is 24.4 Å². The van der Waals surface area contributed by atoms with Gasteiger partial charge in [0.05, 0.1) is 11.7 Å². The molecule has 3 nitrogen and oxygen atoms in total. The SMILES string of the molecule is CCn1ncc2ccc(CNC)cc21. The quantitative estimate of drug-likeness (QED) is 0.797. The predicted molar refractivity (Wildman–Crippen MR) is 58.2 cm³/mol. The molecule has 14 heavy (non-hydrogen) atoms. The minimum atomic E-state index is 0.908. The maximum absolute atomic E-state index is 4.31. The summed E-state index contributed by atoms with van der Waals surface area (Å²) >= 11 is 0. The van der Waals surface area contributed by atoms with Gasteiger partial charge in [0.2, 0.25) is 0 Å². The van der Waals surface area contributed by atoms with Crippen molar-refractivity contribution in [2.45, 2.75) is 20.0 Å². The minimum absolute atomic E-state index is 0.908. The van der Waals surface area contributed by atoms with Gasteiger partial charge in [0.15, 0.2) is 0 Å². The Morgan fingerprint density at radius 3 is 3.00 bits per heavy atom. The van der Waals surface area contributed by atoms with Crippen LogP contribution >= 0.6 is 0 Å². The number of hydrogen-bond acceptors (Lipinski definition) is 2. The summed E-state index contributed by atoms with van der Waals surface area (Å²) in [5.41, 5.74) is 2.52. The Morgan fingerprint density at radius 2 is 2.29 bits per heavy atom. The first-order valence-electron chi connectivity index (χ1n) is 4.94. The van der Waals surface area contributed by atoms with Gasteiger partial charge in [0.1, 0.15) is 0 Å². The van der Waals surface area contributed by atoms with Crippen LogP contribution in [0.4, 0.5) is 0 Å². The van der Waals surface area contributed by atoms with E-state index < -0.39 is 0 Å². The Bertz CT molecular complexity index is 431. The van der Waals surface area contributed by atoms with E-state index in [1.165, 1.54) is 16.5 Å². The van der Waals surface area contributed by atoms with Crippen molar-refractivity contribution in [3.05, 3.63) is 30.0 Å².